The molecule has 3 aliphatic rings. The van der Waals surface area contributed by atoms with Crippen LogP contribution in [0, 0.1) is 37.0 Å². The van der Waals surface area contributed by atoms with Gasteiger partial charge in [0.25, 0.3) is 0 Å². The van der Waals surface area contributed by atoms with Crippen LogP contribution in [0.3, 0.4) is 0 Å². The van der Waals surface area contributed by atoms with Crippen LogP contribution >= 0.6 is 11.8 Å². The number of thioether (sulfide) groups is 1. The molecule has 6 heterocycles. The maximum Gasteiger partial charge on any atom is 0.246 e. The lowest BCUT2D eigenvalue weighted by atomic mass is 9.88. The number of aromatic amines is 3. The first-order chi connectivity index (χ1) is 64.8. The zero-order valence-electron chi connectivity index (χ0n) is 79.1. The number of guanidine groups is 1. The molecule has 41 heteroatoms. The zero-order chi connectivity index (χ0) is 99.3. The summed E-state index contributed by atoms with van der Waals surface area (Å²) in [5.74, 6) is -18.3. The van der Waals surface area contributed by atoms with Crippen molar-refractivity contribution >= 4 is 140 Å². The standard InChI is InChI=1S/C95H134N22O18S/c1-11-13-27-75-88(129)107-67(26-19-33-101-95(98)99)86(127)112-73(85(126)104-48-81(97)122)50-136-51-82(123)106-70(38-57-32-31-54(5)55(6)37-57)91(132)113(8)56(7)83(124)109-71(44-80(96)121)93(134)117-35-21-30-76(117)89(130)108-68(43-62-47-100-52-105-62)87(128)110-69(36-53(3)4)92(133)116-34-20-29-74(116)79(120)41-58(39-60-45-102-65-24-17-15-22-63(60)65)84(125)111-72(49-118)78(119)42-59(40-61-46-103-66-25-18-16-23-64(61)66)90(131)115(10)77(28-14-12-2)94(135)114(75)9/h15-18,22-25,31-32,37,45-47,52-53,56,58-59,67-77,102-103,118H,11-14,19-21,26-30,33-36,38-44,48-51H2,1-10H3,(H2,96,121)(H2,97,122)(H,100,105)(H,104,126)(H,106,123)(H,107,129)(H,108,130)(H,109,124)(H,110,128)(H,111,125)(H,112,127)(H4,98,99,101)/t56-,58+,59+,67-,68-,69-,70-,71-,72-,73-,74-,75-,76-,77-/m0/s1. The molecule has 3 aromatic heterocycles. The van der Waals surface area contributed by atoms with Crippen molar-refractivity contribution in [3.63, 3.8) is 0 Å². The molecule has 40 nitrogen and oxygen atoms in total. The summed E-state index contributed by atoms with van der Waals surface area (Å²) in [6, 6.07) is 2.48. The number of benzene rings is 3. The summed E-state index contributed by atoms with van der Waals surface area (Å²) in [5, 5.41) is 44.8. The topological polar surface area (TPSA) is 597 Å². The number of hydrogen-bond donors (Lipinski definition) is 17. The third-order valence-corrected chi connectivity index (χ3v) is 26.6. The van der Waals surface area contributed by atoms with E-state index in [2.05, 4.69) is 67.8 Å². The Kier molecular flexibility index (Phi) is 40.0. The molecule has 20 N–H and O–H groups in total. The Morgan fingerprint density at radius 2 is 1.12 bits per heavy atom. The number of aryl methyl sites for hydroxylation is 2. The van der Waals surface area contributed by atoms with Gasteiger partial charge in [-0.2, -0.15) is 0 Å². The summed E-state index contributed by atoms with van der Waals surface area (Å²) in [6.45, 7) is 10.7. The average molecular weight is 1900 g/mol. The number of Topliss-reactive ketones (excluding diaryl/α,β-unsaturated/α-hetero) is 2. The number of carbonyl (C=O) groups excluding carboxylic acids is 17. The van der Waals surface area contributed by atoms with Crippen LogP contribution in [0.25, 0.3) is 21.8 Å². The number of unbranched alkanes of at least 4 members (excludes halogenated alkanes) is 2. The Morgan fingerprint density at radius 3 is 1.73 bits per heavy atom. The summed E-state index contributed by atoms with van der Waals surface area (Å²) in [7, 11) is 4.07. The summed E-state index contributed by atoms with van der Waals surface area (Å²) in [5.41, 5.74) is 22.2. The summed E-state index contributed by atoms with van der Waals surface area (Å²) in [6.07, 6.45) is 6.06. The Balaban J connectivity index is 1.10. The van der Waals surface area contributed by atoms with E-state index in [-0.39, 0.29) is 103 Å². The molecule has 0 unspecified atom stereocenters. The second-order valence-corrected chi connectivity index (χ2v) is 37.2. The summed E-state index contributed by atoms with van der Waals surface area (Å²) in [4.78, 5) is 271. The second kappa shape index (κ2) is 51.0. The fourth-order valence-corrected chi connectivity index (χ4v) is 18.5. The number of aliphatic hydroxyl groups is 1. The summed E-state index contributed by atoms with van der Waals surface area (Å²) < 4.78 is 0. The van der Waals surface area contributed by atoms with Gasteiger partial charge in [0.15, 0.2) is 17.5 Å². The van der Waals surface area contributed by atoms with E-state index in [9.17, 15) is 38.7 Å². The molecular formula is C95H134N22O18S. The highest BCUT2D eigenvalue weighted by atomic mass is 32.2. The van der Waals surface area contributed by atoms with Crippen molar-refractivity contribution in [2.75, 3.05) is 65.4 Å². The van der Waals surface area contributed by atoms with Gasteiger partial charge in [-0.3, -0.25) is 86.9 Å². The molecule has 3 aromatic carbocycles. The number of aliphatic hydroxyl groups excluding tert-OH is 1. The minimum absolute atomic E-state index is 0.00952. The molecule has 6 aromatic rings. The number of imidazole rings is 1. The Morgan fingerprint density at radius 1 is 0.551 bits per heavy atom. The summed E-state index contributed by atoms with van der Waals surface area (Å²) >= 11 is 0.808. The van der Waals surface area contributed by atoms with E-state index >= 15 is 47.9 Å². The van der Waals surface area contributed by atoms with Crippen LogP contribution in [0.15, 0.2) is 91.6 Å². The Labute approximate surface area is 794 Å². The number of fused-ring (bicyclic) bond motifs is 4. The van der Waals surface area contributed by atoms with Crippen LogP contribution in [0.5, 0.6) is 0 Å². The SMILES string of the molecule is CCCC[C@H]1C(=O)N(C)[C@@H](CCCC)C(=O)N[C@@H](CCCNC(=N)N)C(=O)N[C@H](C(=O)NCC(N)=O)CSCC(=O)N[C@@H](Cc2ccc(C)c(C)c2)C(=O)N(C)[C@@H](C)C(=O)N[C@@H](CC(N)=O)C(=O)N2CCC[C@H]2C(=O)N[C@@H](Cc2cnc[nH]2)C(=O)N[C@@H](CC(C)C)C(=O)N2CCC[C@H]2C(=O)C[C@@H](Cc2c[nH]c3ccccc23)C(=O)N[C@@H](CO)C(=O)C[C@@H](Cc2c[nH]c3ccccc23)C(=O)N1C. The molecule has 3 saturated heterocycles. The first kappa shape index (κ1) is 107. The molecule has 3 aliphatic heterocycles. The van der Waals surface area contributed by atoms with Gasteiger partial charge in [-0.1, -0.05) is 108 Å². The Hall–Kier alpha value is -13.1. The molecule has 136 heavy (non-hydrogen) atoms. The molecule has 0 aliphatic carbocycles. The third-order valence-electron chi connectivity index (χ3n) is 25.5. The van der Waals surface area contributed by atoms with Crippen molar-refractivity contribution in [1.29, 1.82) is 5.41 Å². The molecule has 14 atom stereocenters. The number of nitrogens with two attached hydrogens (primary N) is 3. The molecule has 3 fully saturated rings. The molecular weight excluding hydrogens is 1770 g/mol. The lowest BCUT2D eigenvalue weighted by Crippen LogP contribution is -2.60. The average Bonchev–Trinajstić information content (AvgIpc) is 1.07. The number of carbonyl (C=O) groups is 17. The van der Waals surface area contributed by atoms with E-state index in [1.807, 2.05) is 84.0 Å². The van der Waals surface area contributed by atoms with Crippen LogP contribution in [0.1, 0.15) is 171 Å². The molecule has 15 amide bonds. The van der Waals surface area contributed by atoms with E-state index < -0.39 is 234 Å². The minimum atomic E-state index is -1.74. The molecule has 738 valence electrons. The monoisotopic (exact) mass is 1900 g/mol. The number of aromatic nitrogens is 4. The van der Waals surface area contributed by atoms with Gasteiger partial charge >= 0.3 is 0 Å². The quantitative estimate of drug-likeness (QED) is 0.0206. The number of primary amides is 2. The zero-order valence-corrected chi connectivity index (χ0v) is 79.9. The first-order valence-electron chi connectivity index (χ1n) is 46.6. The van der Waals surface area contributed by atoms with E-state index in [1.165, 1.54) is 55.3 Å². The van der Waals surface area contributed by atoms with Gasteiger partial charge in [0.1, 0.15) is 66.5 Å². The maximum absolute atomic E-state index is 15.8. The van der Waals surface area contributed by atoms with Gasteiger partial charge in [-0.05, 0) is 137 Å². The number of likely N-dealkylation sites (N-methyl/N-ethyl adjacent to an activating group) is 3. The van der Waals surface area contributed by atoms with Gasteiger partial charge in [-0.25, -0.2) is 4.98 Å². The first-order valence-corrected chi connectivity index (χ1v) is 47.8. The number of amides is 15. The van der Waals surface area contributed by atoms with Gasteiger partial charge in [0.2, 0.25) is 88.6 Å². The molecule has 0 radical (unpaired) electrons. The van der Waals surface area contributed by atoms with Gasteiger partial charge in [0, 0.05) is 130 Å². The van der Waals surface area contributed by atoms with Crippen LogP contribution < -0.4 is 65.1 Å². The number of rotatable bonds is 26. The van der Waals surface area contributed by atoms with Crippen molar-refractivity contribution in [3.8, 4) is 0 Å². The van der Waals surface area contributed by atoms with Crippen LogP contribution in [-0.4, -0.2) is 294 Å². The fraction of sp³-hybridized carbons (Fsp3) is 0.547. The Bertz CT molecular complexity index is 5270. The lowest BCUT2D eigenvalue weighted by molar-refractivity contribution is -0.150. The predicted octanol–water partition coefficient (Wildman–Crippen LogP) is 1.19. The third kappa shape index (κ3) is 29.5. The molecule has 9 rings (SSSR count). The number of nitrogens with one attached hydrogen (secondary N) is 13. The van der Waals surface area contributed by atoms with Crippen molar-refractivity contribution in [2.24, 2.45) is 35.0 Å². The smallest absolute Gasteiger partial charge is 0.246 e. The highest BCUT2D eigenvalue weighted by molar-refractivity contribution is 8.00. The van der Waals surface area contributed by atoms with Crippen LogP contribution in [0.4, 0.5) is 0 Å². The lowest BCUT2D eigenvalue weighted by Gasteiger charge is -2.36. The van der Waals surface area contributed by atoms with Crippen LogP contribution in [-0.2, 0) is 107 Å². The second-order valence-electron chi connectivity index (χ2n) is 36.1. The van der Waals surface area contributed by atoms with E-state index in [0.29, 0.717) is 76.3 Å². The minimum Gasteiger partial charge on any atom is -0.394 e. The fourth-order valence-electron chi connectivity index (χ4n) is 17.7. The highest BCUT2D eigenvalue weighted by Gasteiger charge is 2.46. The number of ketones is 2. The largest absolute Gasteiger partial charge is 0.394 e. The number of nitrogens with zero attached hydrogens (tertiary/aromatic N) is 6. The van der Waals surface area contributed by atoms with E-state index in [0.717, 1.165) is 32.7 Å². The molecule has 0 saturated carbocycles. The highest BCUT2D eigenvalue weighted by Crippen LogP contribution is 2.31. The maximum atomic E-state index is 15.8. The van der Waals surface area contributed by atoms with Crippen LogP contribution in [0.2, 0.25) is 0 Å². The van der Waals surface area contributed by atoms with E-state index in [4.69, 9.17) is 22.6 Å². The number of H-pyrrole nitrogens is 3. The van der Waals surface area contributed by atoms with Crippen molar-refractivity contribution in [1.82, 2.24) is 92.3 Å². The van der Waals surface area contributed by atoms with Gasteiger partial charge < -0.3 is 110 Å². The van der Waals surface area contributed by atoms with Crippen molar-refractivity contribution in [2.45, 2.75) is 249 Å². The molecule has 0 bridgehead atoms. The number of para-hydroxylation sites is 2. The number of hydrogen-bond acceptors (Lipinski definition) is 21. The van der Waals surface area contributed by atoms with E-state index in [1.54, 1.807) is 36.7 Å². The van der Waals surface area contributed by atoms with Gasteiger partial charge in [-0.15, -0.1) is 11.8 Å². The van der Waals surface area contributed by atoms with Gasteiger partial charge in [0.05, 0.1) is 37.7 Å². The van der Waals surface area contributed by atoms with Crippen molar-refractivity contribution in [3.05, 3.63) is 125 Å². The predicted molar refractivity (Wildman–Crippen MR) is 509 cm³/mol. The normalized spacial score (nSPS) is 24.2. The molecule has 0 spiro atoms. The van der Waals surface area contributed by atoms with Crippen molar-refractivity contribution < 1.29 is 86.6 Å².